The average molecular weight is 293 g/mol. The maximum absolute atomic E-state index is 11.5. The molecular formula is C20H23NO. The topological polar surface area (TPSA) is 29.1 Å². The fourth-order valence-corrected chi connectivity index (χ4v) is 2.54. The smallest absolute Gasteiger partial charge is 0.150 e. The van der Waals surface area contributed by atoms with Crippen LogP contribution in [0.1, 0.15) is 32.3 Å². The van der Waals surface area contributed by atoms with E-state index in [1.165, 1.54) is 0 Å². The Bertz CT molecular complexity index is 644. The number of rotatable bonds is 7. The molecule has 0 spiro atoms. The number of anilines is 1. The number of unbranched alkanes of at least 4 members (excludes halogenated alkanes) is 1. The van der Waals surface area contributed by atoms with E-state index >= 15 is 0 Å². The zero-order valence-corrected chi connectivity index (χ0v) is 13.3. The summed E-state index contributed by atoms with van der Waals surface area (Å²) in [6, 6.07) is 16.4. The monoisotopic (exact) mass is 293 g/mol. The molecule has 0 bridgehead atoms. The van der Waals surface area contributed by atoms with E-state index in [0.717, 1.165) is 53.6 Å². The van der Waals surface area contributed by atoms with Crippen molar-refractivity contribution in [2.45, 2.75) is 26.7 Å². The van der Waals surface area contributed by atoms with E-state index < -0.39 is 0 Å². The number of allylic oxidation sites excluding steroid dienone is 2. The highest BCUT2D eigenvalue weighted by Gasteiger charge is 2.13. The molecule has 0 aromatic heterocycles. The van der Waals surface area contributed by atoms with Crippen molar-refractivity contribution in [3.63, 3.8) is 0 Å². The van der Waals surface area contributed by atoms with Crippen LogP contribution in [0.5, 0.6) is 0 Å². The molecule has 22 heavy (non-hydrogen) atoms. The Kier molecular flexibility index (Phi) is 5.96. The molecule has 0 aliphatic heterocycles. The first-order valence-corrected chi connectivity index (χ1v) is 7.86. The van der Waals surface area contributed by atoms with Gasteiger partial charge in [-0.15, -0.1) is 0 Å². The molecular weight excluding hydrogens is 270 g/mol. The summed E-state index contributed by atoms with van der Waals surface area (Å²) in [7, 11) is 0. The van der Waals surface area contributed by atoms with E-state index in [2.05, 4.69) is 30.4 Å². The molecule has 0 atom stereocenters. The second kappa shape index (κ2) is 8.18. The van der Waals surface area contributed by atoms with Crippen molar-refractivity contribution in [3.05, 3.63) is 60.2 Å². The van der Waals surface area contributed by atoms with E-state index in [9.17, 15) is 4.79 Å². The van der Waals surface area contributed by atoms with Crippen LogP contribution in [0, 0.1) is 0 Å². The second-order valence-corrected chi connectivity index (χ2v) is 5.24. The van der Waals surface area contributed by atoms with Crippen LogP contribution in [0.4, 0.5) is 5.69 Å². The highest BCUT2D eigenvalue weighted by molar-refractivity contribution is 6.12. The summed E-state index contributed by atoms with van der Waals surface area (Å²) in [4.78, 5) is 11.5. The summed E-state index contributed by atoms with van der Waals surface area (Å²) in [6.07, 6.45) is 5.07. The number of hydrogen-bond acceptors (Lipinski definition) is 2. The van der Waals surface area contributed by atoms with Gasteiger partial charge in [-0.25, -0.2) is 0 Å². The molecule has 2 rings (SSSR count). The van der Waals surface area contributed by atoms with Crippen LogP contribution < -0.4 is 5.32 Å². The lowest BCUT2D eigenvalue weighted by atomic mass is 9.93. The zero-order chi connectivity index (χ0) is 15.8. The number of benzene rings is 2. The number of aldehydes is 1. The molecule has 2 aromatic carbocycles. The number of nitrogens with one attached hydrogen (secondary N) is 1. The highest BCUT2D eigenvalue weighted by atomic mass is 16.1. The van der Waals surface area contributed by atoms with Crippen LogP contribution in [-0.2, 0) is 4.79 Å². The predicted molar refractivity (Wildman–Crippen MR) is 95.0 cm³/mol. The average Bonchev–Trinajstić information content (AvgIpc) is 2.58. The first-order chi connectivity index (χ1) is 10.8. The Morgan fingerprint density at radius 1 is 1.09 bits per heavy atom. The van der Waals surface area contributed by atoms with Gasteiger partial charge in [0.1, 0.15) is 6.29 Å². The molecule has 0 fully saturated rings. The minimum atomic E-state index is 0.721. The largest absolute Gasteiger partial charge is 0.385 e. The summed E-state index contributed by atoms with van der Waals surface area (Å²) in [5.41, 5.74) is 4.94. The third kappa shape index (κ3) is 3.64. The Balaban J connectivity index is 2.53. The summed E-state index contributed by atoms with van der Waals surface area (Å²) >= 11 is 0. The molecule has 0 saturated carbocycles. The summed E-state index contributed by atoms with van der Waals surface area (Å²) < 4.78 is 0. The number of carbonyl (C=O) groups is 1. The quantitative estimate of drug-likeness (QED) is 0.433. The van der Waals surface area contributed by atoms with Gasteiger partial charge in [0.2, 0.25) is 0 Å². The molecule has 1 N–H and O–H groups in total. The van der Waals surface area contributed by atoms with Crippen LogP contribution in [-0.4, -0.2) is 12.8 Å². The van der Waals surface area contributed by atoms with Crippen molar-refractivity contribution in [2.24, 2.45) is 0 Å². The summed E-state index contributed by atoms with van der Waals surface area (Å²) in [6.45, 7) is 4.99. The van der Waals surface area contributed by atoms with Gasteiger partial charge in [-0.3, -0.25) is 4.79 Å². The minimum absolute atomic E-state index is 0.721. The molecule has 0 unspecified atom stereocenters. The van der Waals surface area contributed by atoms with E-state index in [1.54, 1.807) is 0 Å². The van der Waals surface area contributed by atoms with E-state index in [4.69, 9.17) is 0 Å². The number of hydrogen-bond donors (Lipinski definition) is 1. The molecule has 2 aromatic rings. The van der Waals surface area contributed by atoms with Gasteiger partial charge in [-0.1, -0.05) is 61.9 Å². The molecule has 0 radical (unpaired) electrons. The molecule has 0 saturated heterocycles. The maximum atomic E-state index is 11.5. The molecule has 0 aliphatic rings. The number of carbonyl (C=O) groups excluding carboxylic acids is 1. The molecule has 0 heterocycles. The lowest BCUT2D eigenvalue weighted by Gasteiger charge is -2.16. The fourth-order valence-electron chi connectivity index (χ4n) is 2.54. The van der Waals surface area contributed by atoms with Crippen LogP contribution in [0.25, 0.3) is 16.7 Å². The molecule has 2 heteroatoms. The van der Waals surface area contributed by atoms with Crippen molar-refractivity contribution in [3.8, 4) is 11.1 Å². The Labute approximate surface area is 132 Å². The third-order valence-corrected chi connectivity index (χ3v) is 3.72. The third-order valence-electron chi connectivity index (χ3n) is 3.72. The highest BCUT2D eigenvalue weighted by Crippen LogP contribution is 2.34. The van der Waals surface area contributed by atoms with Gasteiger partial charge in [0, 0.05) is 23.4 Å². The Hall–Kier alpha value is -2.35. The minimum Gasteiger partial charge on any atom is -0.385 e. The van der Waals surface area contributed by atoms with Gasteiger partial charge in [0.05, 0.1) is 0 Å². The zero-order valence-electron chi connectivity index (χ0n) is 13.3. The summed E-state index contributed by atoms with van der Waals surface area (Å²) in [5, 5.41) is 3.47. The van der Waals surface area contributed by atoms with Crippen LogP contribution in [0.2, 0.25) is 0 Å². The normalized spacial score (nSPS) is 11.3. The molecule has 2 nitrogen and oxygen atoms in total. The first kappa shape index (κ1) is 16.0. The van der Waals surface area contributed by atoms with Crippen LogP contribution >= 0.6 is 0 Å². The van der Waals surface area contributed by atoms with Crippen molar-refractivity contribution >= 4 is 17.5 Å². The Morgan fingerprint density at radius 3 is 2.50 bits per heavy atom. The molecule has 0 amide bonds. The second-order valence-electron chi connectivity index (χ2n) is 5.24. The van der Waals surface area contributed by atoms with E-state index in [1.807, 2.05) is 43.3 Å². The van der Waals surface area contributed by atoms with Crippen molar-refractivity contribution < 1.29 is 4.79 Å². The predicted octanol–water partition coefficient (Wildman–Crippen LogP) is 5.17. The van der Waals surface area contributed by atoms with Crippen LogP contribution in [0.3, 0.4) is 0 Å². The summed E-state index contributed by atoms with van der Waals surface area (Å²) in [5.74, 6) is 0. The van der Waals surface area contributed by atoms with Crippen molar-refractivity contribution in [1.82, 2.24) is 0 Å². The van der Waals surface area contributed by atoms with Gasteiger partial charge < -0.3 is 5.32 Å². The van der Waals surface area contributed by atoms with Gasteiger partial charge in [0.25, 0.3) is 0 Å². The van der Waals surface area contributed by atoms with Gasteiger partial charge in [-0.05, 0) is 30.5 Å². The lowest BCUT2D eigenvalue weighted by molar-refractivity contribution is -0.103. The van der Waals surface area contributed by atoms with Gasteiger partial charge in [-0.2, -0.15) is 0 Å². The fraction of sp³-hybridized carbons (Fsp3) is 0.250. The van der Waals surface area contributed by atoms with E-state index in [0.29, 0.717) is 0 Å². The van der Waals surface area contributed by atoms with Crippen LogP contribution in [0.15, 0.2) is 54.6 Å². The maximum Gasteiger partial charge on any atom is 0.150 e. The lowest BCUT2D eigenvalue weighted by Crippen LogP contribution is -2.05. The SMILES string of the molecule is CC=C(C=O)c1c(NCCCC)cccc1-c1ccccc1. The molecule has 114 valence electrons. The molecule has 0 aliphatic carbocycles. The van der Waals surface area contributed by atoms with Crippen molar-refractivity contribution in [2.75, 3.05) is 11.9 Å². The van der Waals surface area contributed by atoms with Gasteiger partial charge >= 0.3 is 0 Å². The standard InChI is InChI=1S/C20H23NO/c1-3-5-14-21-19-13-9-12-18(17-10-7-6-8-11-17)20(19)16(4-2)15-22/h4,6-13,15,21H,3,5,14H2,1-2H3. The van der Waals surface area contributed by atoms with Crippen molar-refractivity contribution in [1.29, 1.82) is 0 Å². The first-order valence-electron chi connectivity index (χ1n) is 7.86. The van der Waals surface area contributed by atoms with E-state index in [-0.39, 0.29) is 0 Å². The van der Waals surface area contributed by atoms with Gasteiger partial charge in [0.15, 0.2) is 0 Å². The Morgan fingerprint density at radius 2 is 1.86 bits per heavy atom.